The molecule has 3 nitrogen and oxygen atoms in total. The molecule has 0 aliphatic carbocycles. The second-order valence-electron chi connectivity index (χ2n) is 3.23. The first-order valence-electron chi connectivity index (χ1n) is 3.94. The molecule has 3 heteroatoms. The van der Waals surface area contributed by atoms with Crippen molar-refractivity contribution in [3.63, 3.8) is 0 Å². The van der Waals surface area contributed by atoms with Crippen LogP contribution in [0.15, 0.2) is 0 Å². The van der Waals surface area contributed by atoms with Crippen LogP contribution >= 0.6 is 0 Å². The maximum Gasteiger partial charge on any atom is 0.129 e. The SMILES string of the molecule is CC(C)(C)O.CCC(C)=O.CO. The lowest BCUT2D eigenvalue weighted by Gasteiger charge is -2.04. The molecule has 0 aromatic rings. The number of aliphatic hydroxyl groups is 2. The van der Waals surface area contributed by atoms with Crippen LogP contribution in [0.25, 0.3) is 0 Å². The lowest BCUT2D eigenvalue weighted by atomic mass is 10.2. The zero-order chi connectivity index (χ0) is 10.8. The molecule has 0 saturated carbocycles. The number of hydrogen-bond acceptors (Lipinski definition) is 3. The van der Waals surface area contributed by atoms with E-state index in [1.165, 1.54) is 0 Å². The molecule has 0 aliphatic rings. The van der Waals surface area contributed by atoms with Crippen LogP contribution in [0.3, 0.4) is 0 Å². The molecule has 0 rings (SSSR count). The minimum Gasteiger partial charge on any atom is -0.400 e. The third kappa shape index (κ3) is 280. The molecule has 0 amide bonds. The predicted octanol–water partition coefficient (Wildman–Crippen LogP) is 1.37. The molecule has 0 atom stereocenters. The minimum atomic E-state index is -0.500. The molecule has 0 spiro atoms. The van der Waals surface area contributed by atoms with Crippen LogP contribution in [-0.4, -0.2) is 28.7 Å². The van der Waals surface area contributed by atoms with Gasteiger partial charge in [-0.2, -0.15) is 0 Å². The number of aliphatic hydroxyl groups excluding tert-OH is 1. The van der Waals surface area contributed by atoms with Crippen molar-refractivity contribution >= 4 is 5.78 Å². The van der Waals surface area contributed by atoms with Crippen molar-refractivity contribution in [1.82, 2.24) is 0 Å². The molecular weight excluding hydrogens is 156 g/mol. The standard InChI is InChI=1S/C4H10O.C4H8O.CH4O/c1-4(2,3)5;1-3-4(2)5;1-2/h5H,1-3H3;3H2,1-2H3;2H,1H3. The Bertz CT molecular complexity index is 86.4. The fourth-order valence-corrected chi connectivity index (χ4v) is 0. The van der Waals surface area contributed by atoms with Gasteiger partial charge in [-0.25, -0.2) is 0 Å². The van der Waals surface area contributed by atoms with Gasteiger partial charge in [0.25, 0.3) is 0 Å². The first-order chi connectivity index (χ1) is 5.27. The Kier molecular flexibility index (Phi) is 15.5. The predicted molar refractivity (Wildman–Crippen MR) is 51.1 cm³/mol. The van der Waals surface area contributed by atoms with Crippen LogP contribution in [0.5, 0.6) is 0 Å². The molecule has 76 valence electrons. The van der Waals surface area contributed by atoms with E-state index in [9.17, 15) is 4.79 Å². The zero-order valence-electron chi connectivity index (χ0n) is 9.01. The number of rotatable bonds is 1. The van der Waals surface area contributed by atoms with E-state index in [1.807, 2.05) is 6.92 Å². The quantitative estimate of drug-likeness (QED) is 0.637. The number of Topliss-reactive ketones (excluding diaryl/α,β-unsaturated/α-hetero) is 1. The maximum atomic E-state index is 9.81. The molecule has 0 aromatic heterocycles. The Morgan fingerprint density at radius 1 is 1.25 bits per heavy atom. The molecule has 0 radical (unpaired) electrons. The first-order valence-corrected chi connectivity index (χ1v) is 3.94. The van der Waals surface area contributed by atoms with Crippen LogP contribution in [0.1, 0.15) is 41.0 Å². The Morgan fingerprint density at radius 2 is 1.33 bits per heavy atom. The van der Waals surface area contributed by atoms with E-state index >= 15 is 0 Å². The summed E-state index contributed by atoms with van der Waals surface area (Å²) in [5.41, 5.74) is -0.500. The normalized spacial score (nSPS) is 8.67. The highest BCUT2D eigenvalue weighted by molar-refractivity contribution is 5.74. The van der Waals surface area contributed by atoms with Gasteiger partial charge in [0.05, 0.1) is 5.60 Å². The van der Waals surface area contributed by atoms with Crippen LogP contribution in [0.4, 0.5) is 0 Å². The lowest BCUT2D eigenvalue weighted by Crippen LogP contribution is -2.10. The number of carbonyl (C=O) groups excluding carboxylic acids is 1. The summed E-state index contributed by atoms with van der Waals surface area (Å²) >= 11 is 0. The second kappa shape index (κ2) is 10.6. The molecule has 0 fully saturated rings. The third-order valence-electron chi connectivity index (χ3n) is 0.498. The van der Waals surface area contributed by atoms with E-state index < -0.39 is 5.60 Å². The fraction of sp³-hybridized carbons (Fsp3) is 0.889. The van der Waals surface area contributed by atoms with Gasteiger partial charge in [0.15, 0.2) is 0 Å². The monoisotopic (exact) mass is 178 g/mol. The van der Waals surface area contributed by atoms with E-state index in [1.54, 1.807) is 27.7 Å². The third-order valence-corrected chi connectivity index (χ3v) is 0.498. The molecule has 0 bridgehead atoms. The van der Waals surface area contributed by atoms with Crippen molar-refractivity contribution in [2.45, 2.75) is 46.6 Å². The Morgan fingerprint density at radius 3 is 1.33 bits per heavy atom. The summed E-state index contributed by atoms with van der Waals surface area (Å²) in [6.45, 7) is 8.66. The Labute approximate surface area is 75.4 Å². The van der Waals surface area contributed by atoms with Crippen LogP contribution in [-0.2, 0) is 4.79 Å². The smallest absolute Gasteiger partial charge is 0.129 e. The van der Waals surface area contributed by atoms with Crippen LogP contribution in [0, 0.1) is 0 Å². The summed E-state index contributed by atoms with van der Waals surface area (Å²) in [5.74, 6) is 0.255. The summed E-state index contributed by atoms with van der Waals surface area (Å²) in [4.78, 5) is 9.81. The highest BCUT2D eigenvalue weighted by Crippen LogP contribution is 1.93. The van der Waals surface area contributed by atoms with E-state index in [4.69, 9.17) is 10.2 Å². The van der Waals surface area contributed by atoms with Crippen molar-refractivity contribution in [3.8, 4) is 0 Å². The van der Waals surface area contributed by atoms with Crippen molar-refractivity contribution in [2.75, 3.05) is 7.11 Å². The lowest BCUT2D eigenvalue weighted by molar-refractivity contribution is -0.116. The molecule has 0 aliphatic heterocycles. The van der Waals surface area contributed by atoms with Gasteiger partial charge in [0.2, 0.25) is 0 Å². The summed E-state index contributed by atoms with van der Waals surface area (Å²) in [6.07, 6.45) is 0.667. The average molecular weight is 178 g/mol. The van der Waals surface area contributed by atoms with Crippen LogP contribution < -0.4 is 0 Å². The molecule has 0 saturated heterocycles. The van der Waals surface area contributed by atoms with E-state index in [0.29, 0.717) is 6.42 Å². The van der Waals surface area contributed by atoms with Crippen molar-refractivity contribution < 1.29 is 15.0 Å². The zero-order valence-corrected chi connectivity index (χ0v) is 9.01. The maximum absolute atomic E-state index is 9.81. The Hall–Kier alpha value is -0.410. The topological polar surface area (TPSA) is 57.5 Å². The number of carbonyl (C=O) groups is 1. The summed E-state index contributed by atoms with van der Waals surface area (Å²) < 4.78 is 0. The highest BCUT2D eigenvalue weighted by Gasteiger charge is 1.97. The molecule has 0 aromatic carbocycles. The Balaban J connectivity index is -0.000000112. The van der Waals surface area contributed by atoms with Gasteiger partial charge in [-0.15, -0.1) is 0 Å². The van der Waals surface area contributed by atoms with Gasteiger partial charge in [-0.3, -0.25) is 0 Å². The highest BCUT2D eigenvalue weighted by atomic mass is 16.3. The summed E-state index contributed by atoms with van der Waals surface area (Å²) in [6, 6.07) is 0. The van der Waals surface area contributed by atoms with Crippen molar-refractivity contribution in [3.05, 3.63) is 0 Å². The minimum absolute atomic E-state index is 0.255. The van der Waals surface area contributed by atoms with Gasteiger partial charge in [0, 0.05) is 13.5 Å². The number of ketones is 1. The van der Waals surface area contributed by atoms with Gasteiger partial charge in [-0.1, -0.05) is 6.92 Å². The van der Waals surface area contributed by atoms with Crippen LogP contribution in [0.2, 0.25) is 0 Å². The molecular formula is C9H22O3. The van der Waals surface area contributed by atoms with E-state index in [0.717, 1.165) is 7.11 Å². The summed E-state index contributed by atoms with van der Waals surface area (Å²) in [5, 5.41) is 15.5. The molecule has 12 heavy (non-hydrogen) atoms. The first kappa shape index (κ1) is 17.6. The largest absolute Gasteiger partial charge is 0.400 e. The molecule has 0 heterocycles. The molecule has 0 unspecified atom stereocenters. The second-order valence-corrected chi connectivity index (χ2v) is 3.23. The van der Waals surface area contributed by atoms with Gasteiger partial charge in [-0.05, 0) is 27.7 Å². The average Bonchev–Trinajstić information content (AvgIpc) is 1.89. The van der Waals surface area contributed by atoms with E-state index in [2.05, 4.69) is 0 Å². The van der Waals surface area contributed by atoms with Gasteiger partial charge in [0.1, 0.15) is 5.78 Å². The van der Waals surface area contributed by atoms with Crippen molar-refractivity contribution in [1.29, 1.82) is 0 Å². The van der Waals surface area contributed by atoms with Crippen molar-refractivity contribution in [2.24, 2.45) is 0 Å². The van der Waals surface area contributed by atoms with Gasteiger partial charge < -0.3 is 15.0 Å². The van der Waals surface area contributed by atoms with Gasteiger partial charge >= 0.3 is 0 Å². The molecule has 2 N–H and O–H groups in total. The summed E-state index contributed by atoms with van der Waals surface area (Å²) in [7, 11) is 1.00. The number of hydrogen-bond donors (Lipinski definition) is 2. The van der Waals surface area contributed by atoms with E-state index in [-0.39, 0.29) is 5.78 Å². The fourth-order valence-electron chi connectivity index (χ4n) is 0.